The molecule has 0 unspecified atom stereocenters. The van der Waals surface area contributed by atoms with E-state index in [4.69, 9.17) is 11.6 Å². The standard InChI is InChI=1S/C15H18ClN/c1-2-3-6-9-17-13-10-12(11-13)14-7-4-5-8-15(14)16/h4-5,7-8,12-13,17H,6,9-11H2,1H3. The zero-order valence-corrected chi connectivity index (χ0v) is 10.9. The second-order valence-electron chi connectivity index (χ2n) is 4.52. The molecule has 1 nitrogen and oxygen atoms in total. The minimum atomic E-state index is 0.637. The summed E-state index contributed by atoms with van der Waals surface area (Å²) in [5, 5.41) is 4.44. The van der Waals surface area contributed by atoms with Gasteiger partial charge >= 0.3 is 0 Å². The van der Waals surface area contributed by atoms with Gasteiger partial charge in [-0.05, 0) is 37.3 Å². The van der Waals surface area contributed by atoms with Gasteiger partial charge in [0.1, 0.15) is 0 Å². The number of rotatable bonds is 4. The number of benzene rings is 1. The van der Waals surface area contributed by atoms with E-state index in [1.54, 1.807) is 0 Å². The van der Waals surface area contributed by atoms with Gasteiger partial charge in [0.2, 0.25) is 0 Å². The van der Waals surface area contributed by atoms with Gasteiger partial charge in [-0.2, -0.15) is 0 Å². The third-order valence-electron chi connectivity index (χ3n) is 3.34. The van der Waals surface area contributed by atoms with Crippen molar-refractivity contribution in [3.8, 4) is 11.8 Å². The third kappa shape index (κ3) is 3.25. The van der Waals surface area contributed by atoms with Crippen LogP contribution >= 0.6 is 11.6 Å². The van der Waals surface area contributed by atoms with Gasteiger partial charge in [0.05, 0.1) is 0 Å². The molecule has 0 atom stereocenters. The van der Waals surface area contributed by atoms with E-state index in [2.05, 4.69) is 29.3 Å². The molecule has 1 N–H and O–H groups in total. The first kappa shape index (κ1) is 12.5. The minimum absolute atomic E-state index is 0.637. The van der Waals surface area contributed by atoms with Crippen LogP contribution in [0.1, 0.15) is 37.7 Å². The molecule has 1 aliphatic carbocycles. The first-order valence-corrected chi connectivity index (χ1v) is 6.56. The summed E-state index contributed by atoms with van der Waals surface area (Å²) in [5.74, 6) is 6.62. The topological polar surface area (TPSA) is 12.0 Å². The van der Waals surface area contributed by atoms with Gasteiger partial charge < -0.3 is 5.32 Å². The average Bonchev–Trinajstić information content (AvgIpc) is 2.28. The predicted octanol–water partition coefficient (Wildman–Crippen LogP) is 3.59. The molecule has 0 radical (unpaired) electrons. The molecule has 0 aliphatic heterocycles. The van der Waals surface area contributed by atoms with Crippen molar-refractivity contribution in [1.29, 1.82) is 0 Å². The van der Waals surface area contributed by atoms with Gasteiger partial charge in [0.25, 0.3) is 0 Å². The largest absolute Gasteiger partial charge is 0.313 e. The molecular formula is C15H18ClN. The fourth-order valence-electron chi connectivity index (χ4n) is 2.31. The molecule has 2 heteroatoms. The molecule has 0 bridgehead atoms. The zero-order valence-electron chi connectivity index (χ0n) is 10.2. The summed E-state index contributed by atoms with van der Waals surface area (Å²) in [7, 11) is 0. The smallest absolute Gasteiger partial charge is 0.0440 e. The number of halogens is 1. The van der Waals surface area contributed by atoms with Gasteiger partial charge in [0.15, 0.2) is 0 Å². The molecule has 1 aromatic carbocycles. The SMILES string of the molecule is CC#CCCNC1CC(c2ccccc2Cl)C1. The summed E-state index contributed by atoms with van der Waals surface area (Å²) in [6.07, 6.45) is 3.34. The lowest BCUT2D eigenvalue weighted by Gasteiger charge is -2.36. The highest BCUT2D eigenvalue weighted by Crippen LogP contribution is 2.39. The molecule has 0 aromatic heterocycles. The van der Waals surface area contributed by atoms with Crippen LogP contribution in [-0.4, -0.2) is 12.6 Å². The molecule has 1 saturated carbocycles. The Bertz CT molecular complexity index is 424. The lowest BCUT2D eigenvalue weighted by Crippen LogP contribution is -2.40. The van der Waals surface area contributed by atoms with Gasteiger partial charge in [0, 0.05) is 24.0 Å². The molecular weight excluding hydrogens is 230 g/mol. The van der Waals surface area contributed by atoms with Crippen molar-refractivity contribution >= 4 is 11.6 Å². The summed E-state index contributed by atoms with van der Waals surface area (Å²) in [6.45, 7) is 2.89. The van der Waals surface area contributed by atoms with E-state index in [0.29, 0.717) is 12.0 Å². The Hall–Kier alpha value is -0.970. The summed E-state index contributed by atoms with van der Waals surface area (Å²) < 4.78 is 0. The van der Waals surface area contributed by atoms with Crippen molar-refractivity contribution in [2.75, 3.05) is 6.54 Å². The third-order valence-corrected chi connectivity index (χ3v) is 3.69. The average molecular weight is 248 g/mol. The Morgan fingerprint density at radius 3 is 2.82 bits per heavy atom. The Labute approximate surface area is 109 Å². The highest BCUT2D eigenvalue weighted by atomic mass is 35.5. The van der Waals surface area contributed by atoms with E-state index in [0.717, 1.165) is 18.0 Å². The molecule has 17 heavy (non-hydrogen) atoms. The Kier molecular flexibility index (Phi) is 4.48. The quantitative estimate of drug-likeness (QED) is 0.633. The molecule has 1 fully saturated rings. The Morgan fingerprint density at radius 2 is 2.12 bits per heavy atom. The first-order chi connectivity index (χ1) is 8.31. The van der Waals surface area contributed by atoms with Crippen LogP contribution in [0.4, 0.5) is 0 Å². The van der Waals surface area contributed by atoms with E-state index in [1.165, 1.54) is 18.4 Å². The second-order valence-corrected chi connectivity index (χ2v) is 4.92. The molecule has 0 amide bonds. The fraction of sp³-hybridized carbons (Fsp3) is 0.467. The van der Waals surface area contributed by atoms with E-state index < -0.39 is 0 Å². The van der Waals surface area contributed by atoms with Gasteiger partial charge in [-0.15, -0.1) is 11.8 Å². The van der Waals surface area contributed by atoms with Crippen LogP contribution in [0.2, 0.25) is 5.02 Å². The normalized spacial score (nSPS) is 22.5. The molecule has 1 aliphatic rings. The summed E-state index contributed by atoms with van der Waals surface area (Å²) in [6, 6.07) is 8.83. The highest BCUT2D eigenvalue weighted by molar-refractivity contribution is 6.31. The van der Waals surface area contributed by atoms with Gasteiger partial charge in [-0.3, -0.25) is 0 Å². The summed E-state index contributed by atoms with van der Waals surface area (Å²) in [5.41, 5.74) is 1.31. The fourth-order valence-corrected chi connectivity index (χ4v) is 2.60. The van der Waals surface area contributed by atoms with Crippen molar-refractivity contribution in [1.82, 2.24) is 5.32 Å². The molecule has 1 aromatic rings. The van der Waals surface area contributed by atoms with E-state index in [9.17, 15) is 0 Å². The van der Waals surface area contributed by atoms with Gasteiger partial charge in [-0.25, -0.2) is 0 Å². The van der Waals surface area contributed by atoms with Crippen LogP contribution in [0.15, 0.2) is 24.3 Å². The van der Waals surface area contributed by atoms with Crippen molar-refractivity contribution in [3.63, 3.8) is 0 Å². The second kappa shape index (κ2) is 6.10. The molecule has 2 rings (SSSR count). The lowest BCUT2D eigenvalue weighted by molar-refractivity contribution is 0.294. The monoisotopic (exact) mass is 247 g/mol. The molecule has 90 valence electrons. The summed E-state index contributed by atoms with van der Waals surface area (Å²) in [4.78, 5) is 0. The van der Waals surface area contributed by atoms with Crippen LogP contribution in [0.3, 0.4) is 0 Å². The van der Waals surface area contributed by atoms with Gasteiger partial charge in [-0.1, -0.05) is 29.8 Å². The van der Waals surface area contributed by atoms with Crippen LogP contribution in [0.25, 0.3) is 0 Å². The van der Waals surface area contributed by atoms with E-state index in [-0.39, 0.29) is 0 Å². The van der Waals surface area contributed by atoms with Crippen molar-refractivity contribution in [3.05, 3.63) is 34.9 Å². The van der Waals surface area contributed by atoms with Crippen LogP contribution in [0.5, 0.6) is 0 Å². The Morgan fingerprint density at radius 1 is 1.35 bits per heavy atom. The van der Waals surface area contributed by atoms with Crippen LogP contribution < -0.4 is 5.32 Å². The lowest BCUT2D eigenvalue weighted by atomic mass is 9.76. The van der Waals surface area contributed by atoms with E-state index >= 15 is 0 Å². The molecule has 0 saturated heterocycles. The van der Waals surface area contributed by atoms with Crippen molar-refractivity contribution in [2.24, 2.45) is 0 Å². The number of nitrogens with one attached hydrogen (secondary N) is 1. The maximum atomic E-state index is 6.19. The van der Waals surface area contributed by atoms with Crippen molar-refractivity contribution < 1.29 is 0 Å². The van der Waals surface area contributed by atoms with E-state index in [1.807, 2.05) is 19.1 Å². The van der Waals surface area contributed by atoms with Crippen LogP contribution in [-0.2, 0) is 0 Å². The number of hydrogen-bond acceptors (Lipinski definition) is 1. The Balaban J connectivity index is 1.75. The zero-order chi connectivity index (χ0) is 12.1. The highest BCUT2D eigenvalue weighted by Gasteiger charge is 2.30. The number of hydrogen-bond donors (Lipinski definition) is 1. The molecule has 0 spiro atoms. The minimum Gasteiger partial charge on any atom is -0.313 e. The van der Waals surface area contributed by atoms with Crippen molar-refractivity contribution in [2.45, 2.75) is 38.1 Å². The predicted molar refractivity (Wildman–Crippen MR) is 73.3 cm³/mol. The van der Waals surface area contributed by atoms with Crippen LogP contribution in [0, 0.1) is 11.8 Å². The maximum absolute atomic E-state index is 6.19. The maximum Gasteiger partial charge on any atom is 0.0440 e. The molecule has 0 heterocycles. The summed E-state index contributed by atoms with van der Waals surface area (Å²) >= 11 is 6.19. The first-order valence-electron chi connectivity index (χ1n) is 6.18.